The Hall–Kier alpha value is -10.2. The summed E-state index contributed by atoms with van der Waals surface area (Å²) >= 11 is 0. The quantitative estimate of drug-likeness (QED) is 0.121. The van der Waals surface area contributed by atoms with Gasteiger partial charge in [-0.1, -0.05) is 127 Å². The monoisotopic (exact) mass is 978 g/mol. The van der Waals surface area contributed by atoms with Crippen LogP contribution in [-0.2, 0) is 0 Å². The first-order valence-corrected chi connectivity index (χ1v) is 25.5. The van der Waals surface area contributed by atoms with Gasteiger partial charge in [0.2, 0.25) is 0 Å². The van der Waals surface area contributed by atoms with Crippen molar-refractivity contribution in [1.82, 2.24) is 29.1 Å². The molecule has 13 aromatic rings. The Kier molecular flexibility index (Phi) is 11.8. The average Bonchev–Trinajstić information content (AvgIpc) is 4.00. The molecule has 6 aromatic heterocycles. The van der Waals surface area contributed by atoms with E-state index in [0.29, 0.717) is 0 Å². The highest BCUT2D eigenvalue weighted by molar-refractivity contribution is 6.16. The molecule has 0 aliphatic heterocycles. The van der Waals surface area contributed by atoms with E-state index in [1.54, 1.807) is 0 Å². The van der Waals surface area contributed by atoms with Crippen molar-refractivity contribution in [3.8, 4) is 44.8 Å². The van der Waals surface area contributed by atoms with Crippen LogP contribution in [0.4, 0.5) is 34.1 Å². The van der Waals surface area contributed by atoms with Crippen LogP contribution in [0, 0.1) is 6.92 Å². The van der Waals surface area contributed by atoms with Crippen molar-refractivity contribution < 1.29 is 0 Å². The highest BCUT2D eigenvalue weighted by Crippen LogP contribution is 2.43. The molecule has 0 bridgehead atoms. The normalized spacial score (nSPS) is 11.5. The minimum absolute atomic E-state index is 0.931. The van der Waals surface area contributed by atoms with E-state index in [9.17, 15) is 0 Å². The summed E-state index contributed by atoms with van der Waals surface area (Å²) in [5.74, 6) is 0. The standard InChI is InChI=1S/C68H50N8/c1-3-18-61-47(2)73(65-28-15-13-25-63(61)65)57-35-49(39-69-43-57)52-38-60(46-72-42-52)76-66-29-16-14-26-64(66)68-62(27-17-30-67(68)76)48-31-33-56(34-32-48)75(55-23-11-6-12-24-55)59-37-51(41-71-45-59)50-36-58(44-70-40-50)74(53-19-7-4-8-20-53)54-21-9-5-10-22-54/h3-46H,1-2H3. The molecule has 0 radical (unpaired) electrons. The Labute approximate surface area is 441 Å². The highest BCUT2D eigenvalue weighted by atomic mass is 15.2. The number of rotatable bonds is 12. The number of allylic oxidation sites excluding steroid dienone is 1. The predicted octanol–water partition coefficient (Wildman–Crippen LogP) is 17.6. The van der Waals surface area contributed by atoms with Crippen molar-refractivity contribution in [2.24, 2.45) is 0 Å². The summed E-state index contributed by atoms with van der Waals surface area (Å²) in [5.41, 5.74) is 19.9. The second kappa shape index (κ2) is 19.7. The third-order valence-corrected chi connectivity index (χ3v) is 14.3. The molecule has 0 saturated heterocycles. The average molecular weight is 979 g/mol. The molecule has 7 aromatic carbocycles. The molecule has 362 valence electrons. The first-order chi connectivity index (χ1) is 37.6. The molecule has 0 atom stereocenters. The van der Waals surface area contributed by atoms with Crippen LogP contribution < -0.4 is 9.80 Å². The van der Waals surface area contributed by atoms with Crippen LogP contribution in [0.5, 0.6) is 0 Å². The molecule has 0 spiro atoms. The molecular weight excluding hydrogens is 929 g/mol. The molecule has 0 aliphatic carbocycles. The van der Waals surface area contributed by atoms with E-state index >= 15 is 0 Å². The molecule has 76 heavy (non-hydrogen) atoms. The van der Waals surface area contributed by atoms with Crippen molar-refractivity contribution in [2.75, 3.05) is 9.80 Å². The highest BCUT2D eigenvalue weighted by Gasteiger charge is 2.21. The SMILES string of the molecule is CC=Cc1c(C)n(-c2cncc(-c3cncc(-n4c5ccccc5c5c(-c6ccc(N(c7ccccc7)c7cncc(-c8cncc(N(c9ccccc9)c9ccccc9)c8)c7)cc6)cccc54)c3)c2)c2ccccc12. The molecule has 0 fully saturated rings. The van der Waals surface area contributed by atoms with Gasteiger partial charge >= 0.3 is 0 Å². The Morgan fingerprint density at radius 2 is 0.789 bits per heavy atom. The van der Waals surface area contributed by atoms with Crippen molar-refractivity contribution in [2.45, 2.75) is 13.8 Å². The second-order valence-electron chi connectivity index (χ2n) is 18.9. The van der Waals surface area contributed by atoms with Crippen molar-refractivity contribution >= 4 is 72.9 Å². The summed E-state index contributed by atoms with van der Waals surface area (Å²) in [7, 11) is 0. The lowest BCUT2D eigenvalue weighted by Crippen LogP contribution is -2.11. The zero-order chi connectivity index (χ0) is 51.0. The summed E-state index contributed by atoms with van der Waals surface area (Å²) in [6.45, 7) is 4.24. The minimum Gasteiger partial charge on any atom is -0.312 e. The van der Waals surface area contributed by atoms with Gasteiger partial charge in [0.15, 0.2) is 0 Å². The molecule has 8 heteroatoms. The van der Waals surface area contributed by atoms with Gasteiger partial charge in [-0.15, -0.1) is 0 Å². The van der Waals surface area contributed by atoms with E-state index in [1.165, 1.54) is 27.4 Å². The van der Waals surface area contributed by atoms with Crippen LogP contribution in [0.25, 0.3) is 83.5 Å². The van der Waals surface area contributed by atoms with E-state index < -0.39 is 0 Å². The van der Waals surface area contributed by atoms with Gasteiger partial charge in [0, 0.05) is 97.2 Å². The summed E-state index contributed by atoms with van der Waals surface area (Å²) in [4.78, 5) is 23.8. The number of benzene rings is 7. The lowest BCUT2D eigenvalue weighted by molar-refractivity contribution is 1.03. The van der Waals surface area contributed by atoms with Crippen LogP contribution in [0.2, 0.25) is 0 Å². The summed E-state index contributed by atoms with van der Waals surface area (Å²) < 4.78 is 4.64. The van der Waals surface area contributed by atoms with Crippen LogP contribution in [0.15, 0.2) is 262 Å². The smallest absolute Gasteiger partial charge is 0.0651 e. The van der Waals surface area contributed by atoms with E-state index in [0.717, 1.165) is 95.4 Å². The zero-order valence-electron chi connectivity index (χ0n) is 42.0. The van der Waals surface area contributed by atoms with Gasteiger partial charge in [-0.2, -0.15) is 0 Å². The van der Waals surface area contributed by atoms with E-state index in [2.05, 4.69) is 233 Å². The molecule has 0 saturated carbocycles. The number of pyridine rings is 4. The number of fused-ring (bicyclic) bond motifs is 4. The van der Waals surface area contributed by atoms with Gasteiger partial charge < -0.3 is 18.9 Å². The van der Waals surface area contributed by atoms with Crippen LogP contribution in [-0.4, -0.2) is 29.1 Å². The second-order valence-corrected chi connectivity index (χ2v) is 18.9. The fourth-order valence-electron chi connectivity index (χ4n) is 10.9. The number of para-hydroxylation sites is 5. The molecule has 0 N–H and O–H groups in total. The third kappa shape index (κ3) is 8.24. The third-order valence-electron chi connectivity index (χ3n) is 14.3. The van der Waals surface area contributed by atoms with Gasteiger partial charge in [-0.25, -0.2) is 0 Å². The van der Waals surface area contributed by atoms with Crippen molar-refractivity contribution in [3.05, 3.63) is 273 Å². The fraction of sp³-hybridized carbons (Fsp3) is 0.0294. The molecule has 0 aliphatic rings. The summed E-state index contributed by atoms with van der Waals surface area (Å²) in [6, 6.07) is 72.8. The van der Waals surface area contributed by atoms with E-state index in [1.807, 2.05) is 67.8 Å². The van der Waals surface area contributed by atoms with Gasteiger partial charge in [-0.05, 0) is 116 Å². The van der Waals surface area contributed by atoms with Gasteiger partial charge in [-0.3, -0.25) is 19.9 Å². The lowest BCUT2D eigenvalue weighted by Gasteiger charge is -2.26. The Balaban J connectivity index is 0.856. The Morgan fingerprint density at radius 1 is 0.355 bits per heavy atom. The first-order valence-electron chi connectivity index (χ1n) is 25.5. The molecule has 13 rings (SSSR count). The number of hydrogen-bond donors (Lipinski definition) is 0. The maximum atomic E-state index is 4.86. The molecule has 6 heterocycles. The van der Waals surface area contributed by atoms with E-state index in [-0.39, 0.29) is 0 Å². The zero-order valence-corrected chi connectivity index (χ0v) is 42.0. The first kappa shape index (κ1) is 45.7. The molecule has 0 unspecified atom stereocenters. The van der Waals surface area contributed by atoms with Crippen LogP contribution in [0.3, 0.4) is 0 Å². The van der Waals surface area contributed by atoms with Gasteiger partial charge in [0.25, 0.3) is 0 Å². The van der Waals surface area contributed by atoms with Gasteiger partial charge in [0.1, 0.15) is 0 Å². The fourth-order valence-corrected chi connectivity index (χ4v) is 10.9. The largest absolute Gasteiger partial charge is 0.312 e. The lowest BCUT2D eigenvalue weighted by atomic mass is 9.99. The molecule has 8 nitrogen and oxygen atoms in total. The van der Waals surface area contributed by atoms with Gasteiger partial charge in [0.05, 0.1) is 64.1 Å². The number of anilines is 6. The predicted molar refractivity (Wildman–Crippen MR) is 314 cm³/mol. The van der Waals surface area contributed by atoms with E-state index in [4.69, 9.17) is 19.9 Å². The number of hydrogen-bond acceptors (Lipinski definition) is 6. The molecule has 0 amide bonds. The van der Waals surface area contributed by atoms with Crippen LogP contribution in [0.1, 0.15) is 18.2 Å². The number of aromatic nitrogens is 6. The topological polar surface area (TPSA) is 67.9 Å². The van der Waals surface area contributed by atoms with Crippen molar-refractivity contribution in [1.29, 1.82) is 0 Å². The maximum Gasteiger partial charge on any atom is 0.0651 e. The maximum absolute atomic E-state index is 4.86. The van der Waals surface area contributed by atoms with Crippen molar-refractivity contribution in [3.63, 3.8) is 0 Å². The number of nitrogens with zero attached hydrogens (tertiary/aromatic N) is 8. The minimum atomic E-state index is 0.931. The Bertz CT molecular complexity index is 4220. The van der Waals surface area contributed by atoms with Crippen LogP contribution >= 0.6 is 0 Å². The molecular formula is C68H50N8. The summed E-state index contributed by atoms with van der Waals surface area (Å²) in [6.07, 6.45) is 19.7. The Morgan fingerprint density at radius 3 is 1.33 bits per heavy atom. The summed E-state index contributed by atoms with van der Waals surface area (Å²) in [5, 5.41) is 3.56.